The topological polar surface area (TPSA) is 120 Å². The molecule has 1 amide bonds. The molecule has 4 heterocycles. The summed E-state index contributed by atoms with van der Waals surface area (Å²) in [5.41, 5.74) is 1.77. The van der Waals surface area contributed by atoms with Crippen molar-refractivity contribution in [2.24, 2.45) is 0 Å². The molecule has 2 aliphatic heterocycles. The predicted molar refractivity (Wildman–Crippen MR) is 147 cm³/mol. The number of benzene rings is 2. The highest BCUT2D eigenvalue weighted by atomic mass is 19.4. The number of rotatable bonds is 5. The Kier molecular flexibility index (Phi) is 7.12. The second-order valence-electron chi connectivity index (χ2n) is 10.4. The van der Waals surface area contributed by atoms with Gasteiger partial charge in [0.25, 0.3) is 5.91 Å². The second kappa shape index (κ2) is 10.9. The molecule has 0 aliphatic carbocycles. The number of aromatic nitrogens is 4. The van der Waals surface area contributed by atoms with Crippen molar-refractivity contribution in [3.8, 4) is 6.07 Å². The van der Waals surface area contributed by atoms with Gasteiger partial charge in [-0.05, 0) is 24.0 Å². The highest BCUT2D eigenvalue weighted by Gasteiger charge is 2.54. The predicted octanol–water partition coefficient (Wildman–Crippen LogP) is 4.53. The molecule has 0 saturated carbocycles. The number of aliphatic hydroxyl groups excluding tert-OH is 1. The monoisotopic (exact) mass is 573 g/mol. The molecule has 0 radical (unpaired) electrons. The zero-order valence-electron chi connectivity index (χ0n) is 22.2. The third kappa shape index (κ3) is 4.96. The molecule has 1 saturated heterocycles. The number of nitrogens with zero attached hydrogens (tertiary/aromatic N) is 6. The molecule has 2 aromatic carbocycles. The molecule has 2 aromatic heterocycles. The number of amides is 1. The molecule has 6 rings (SSSR count). The van der Waals surface area contributed by atoms with Crippen LogP contribution in [-0.4, -0.2) is 56.1 Å². The number of fused-ring (bicyclic) bond motifs is 1. The molecule has 214 valence electrons. The van der Waals surface area contributed by atoms with Gasteiger partial charge >= 0.3 is 6.18 Å². The highest BCUT2D eigenvalue weighted by molar-refractivity contribution is 5.97. The molecule has 4 aromatic rings. The summed E-state index contributed by atoms with van der Waals surface area (Å²) in [6.45, 7) is 0.943. The molecule has 2 N–H and O–H groups in total. The van der Waals surface area contributed by atoms with Gasteiger partial charge in [-0.25, -0.2) is 14.6 Å². The zero-order chi connectivity index (χ0) is 29.4. The Morgan fingerprint density at radius 3 is 2.12 bits per heavy atom. The van der Waals surface area contributed by atoms with Gasteiger partial charge in [-0.2, -0.15) is 23.5 Å². The number of anilines is 2. The Morgan fingerprint density at radius 2 is 1.60 bits per heavy atom. The van der Waals surface area contributed by atoms with Gasteiger partial charge in [0.2, 0.25) is 0 Å². The van der Waals surface area contributed by atoms with Crippen molar-refractivity contribution in [2.75, 3.05) is 23.3 Å². The van der Waals surface area contributed by atoms with Crippen molar-refractivity contribution in [1.29, 1.82) is 5.26 Å². The minimum atomic E-state index is -4.89. The van der Waals surface area contributed by atoms with E-state index in [1.807, 2.05) is 71.6 Å². The number of carbonyl (C=O) groups excluding carboxylic acids is 1. The molecular weight excluding hydrogens is 547 g/mol. The van der Waals surface area contributed by atoms with E-state index in [9.17, 15) is 23.1 Å². The SMILES string of the molecule is N#Cc1cnc(N2CCC(c3nn(C(c4ccccc4)c4ccccc4)c4c3[C@@H](C(F)(F)F)[C@@H](O)C(=O)N4)CC2)cn1. The first kappa shape index (κ1) is 27.4. The van der Waals surface area contributed by atoms with Gasteiger partial charge in [-0.15, -0.1) is 0 Å². The van der Waals surface area contributed by atoms with Crippen molar-refractivity contribution in [1.82, 2.24) is 19.7 Å². The Morgan fingerprint density at radius 1 is 0.976 bits per heavy atom. The maximum atomic E-state index is 14.6. The summed E-state index contributed by atoms with van der Waals surface area (Å²) in [6, 6.07) is 19.8. The fourth-order valence-corrected chi connectivity index (χ4v) is 5.90. The molecule has 0 spiro atoms. The fraction of sp³-hybridized carbons (Fsp3) is 0.300. The zero-order valence-corrected chi connectivity index (χ0v) is 22.2. The number of hydrogen-bond donors (Lipinski definition) is 2. The van der Waals surface area contributed by atoms with Gasteiger partial charge in [0.05, 0.1) is 18.1 Å². The van der Waals surface area contributed by atoms with E-state index < -0.39 is 30.1 Å². The van der Waals surface area contributed by atoms with Gasteiger partial charge in [-0.3, -0.25) is 4.79 Å². The third-order valence-electron chi connectivity index (χ3n) is 7.90. The first-order chi connectivity index (χ1) is 20.3. The van der Waals surface area contributed by atoms with E-state index in [4.69, 9.17) is 10.4 Å². The van der Waals surface area contributed by atoms with Gasteiger partial charge in [0.1, 0.15) is 35.8 Å². The fourth-order valence-electron chi connectivity index (χ4n) is 5.90. The molecule has 12 heteroatoms. The number of nitrogens with one attached hydrogen (secondary N) is 1. The molecule has 0 bridgehead atoms. The number of aliphatic hydroxyl groups is 1. The summed E-state index contributed by atoms with van der Waals surface area (Å²) >= 11 is 0. The van der Waals surface area contributed by atoms with Crippen LogP contribution < -0.4 is 10.2 Å². The summed E-state index contributed by atoms with van der Waals surface area (Å²) in [4.78, 5) is 23.1. The lowest BCUT2D eigenvalue weighted by Crippen LogP contribution is -2.45. The van der Waals surface area contributed by atoms with Crippen LogP contribution in [0.4, 0.5) is 24.8 Å². The van der Waals surface area contributed by atoms with Crippen LogP contribution in [0, 0.1) is 11.3 Å². The van der Waals surface area contributed by atoms with Crippen LogP contribution in [-0.2, 0) is 4.79 Å². The van der Waals surface area contributed by atoms with E-state index in [1.54, 1.807) is 0 Å². The summed E-state index contributed by atoms with van der Waals surface area (Å²) in [7, 11) is 0. The van der Waals surface area contributed by atoms with Crippen molar-refractivity contribution in [3.05, 3.63) is 101 Å². The molecule has 42 heavy (non-hydrogen) atoms. The number of carbonyl (C=O) groups is 1. The van der Waals surface area contributed by atoms with Gasteiger partial charge in [-0.1, -0.05) is 60.7 Å². The van der Waals surface area contributed by atoms with Crippen LogP contribution in [0.15, 0.2) is 73.1 Å². The molecule has 2 atom stereocenters. The second-order valence-corrected chi connectivity index (χ2v) is 10.4. The lowest BCUT2D eigenvalue weighted by atomic mass is 9.82. The Bertz CT molecular complexity index is 1570. The first-order valence-corrected chi connectivity index (χ1v) is 13.5. The Balaban J connectivity index is 1.45. The summed E-state index contributed by atoms with van der Waals surface area (Å²) in [5.74, 6) is -3.39. The van der Waals surface area contributed by atoms with Crippen LogP contribution in [0.1, 0.15) is 58.8 Å². The van der Waals surface area contributed by atoms with Gasteiger partial charge in [0.15, 0.2) is 5.69 Å². The third-order valence-corrected chi connectivity index (χ3v) is 7.90. The van der Waals surface area contributed by atoms with Crippen molar-refractivity contribution in [3.63, 3.8) is 0 Å². The normalized spacial score (nSPS) is 19.3. The van der Waals surface area contributed by atoms with Crippen LogP contribution in [0.3, 0.4) is 0 Å². The standard InChI is InChI=1S/C30H26F3N7O2/c31-30(32,33)24-23-25(18-11-13-39(14-12-18)22-17-35-21(15-34)16-36-22)38-40(28(23)37-29(42)27(24)41)26(19-7-3-1-4-8-19)20-9-5-2-6-10-20/h1-10,16-18,24,26-27,41H,11-14H2,(H,37,42)/t24-,27-/m1/s1. The average molecular weight is 574 g/mol. The largest absolute Gasteiger partial charge is 0.398 e. The van der Waals surface area contributed by atoms with Crippen molar-refractivity contribution in [2.45, 2.75) is 43.0 Å². The van der Waals surface area contributed by atoms with Gasteiger partial charge in [0, 0.05) is 24.6 Å². The quantitative estimate of drug-likeness (QED) is 0.360. The Labute approximate surface area is 239 Å². The van der Waals surface area contributed by atoms with Crippen molar-refractivity contribution >= 4 is 17.5 Å². The summed E-state index contributed by atoms with van der Waals surface area (Å²) in [5, 5.41) is 26.9. The van der Waals surface area contributed by atoms with Crippen LogP contribution in [0.25, 0.3) is 0 Å². The highest BCUT2D eigenvalue weighted by Crippen LogP contribution is 2.49. The number of piperidine rings is 1. The van der Waals surface area contributed by atoms with E-state index in [2.05, 4.69) is 15.3 Å². The average Bonchev–Trinajstić information content (AvgIpc) is 3.36. The van der Waals surface area contributed by atoms with Crippen molar-refractivity contribution < 1.29 is 23.1 Å². The lowest BCUT2D eigenvalue weighted by molar-refractivity contribution is -0.177. The molecule has 9 nitrogen and oxygen atoms in total. The first-order valence-electron chi connectivity index (χ1n) is 13.5. The maximum absolute atomic E-state index is 14.6. The van der Waals surface area contributed by atoms with E-state index >= 15 is 0 Å². The van der Waals surface area contributed by atoms with E-state index in [0.717, 1.165) is 11.1 Å². The van der Waals surface area contributed by atoms with E-state index in [1.165, 1.54) is 17.1 Å². The minimum Gasteiger partial charge on any atom is -0.382 e. The van der Waals surface area contributed by atoms with E-state index in [-0.39, 0.29) is 28.7 Å². The molecule has 2 aliphatic rings. The minimum absolute atomic E-state index is 0.0549. The number of hydrogen-bond acceptors (Lipinski definition) is 7. The van der Waals surface area contributed by atoms with Crippen LogP contribution >= 0.6 is 0 Å². The molecular formula is C30H26F3N7O2. The summed E-state index contributed by atoms with van der Waals surface area (Å²) < 4.78 is 45.2. The van der Waals surface area contributed by atoms with Gasteiger partial charge < -0.3 is 15.3 Å². The smallest absolute Gasteiger partial charge is 0.382 e. The number of alkyl halides is 3. The molecule has 0 unspecified atom stereocenters. The van der Waals surface area contributed by atoms with Crippen LogP contribution in [0.2, 0.25) is 0 Å². The Hall–Kier alpha value is -4.76. The van der Waals surface area contributed by atoms with Crippen LogP contribution in [0.5, 0.6) is 0 Å². The number of halogens is 3. The number of nitriles is 1. The lowest BCUT2D eigenvalue weighted by Gasteiger charge is -2.34. The molecule has 1 fully saturated rings. The summed E-state index contributed by atoms with van der Waals surface area (Å²) in [6.07, 6.45) is -3.38. The van der Waals surface area contributed by atoms with E-state index in [0.29, 0.717) is 31.7 Å². The maximum Gasteiger partial charge on any atom is 0.398 e.